The molecule has 1 saturated heterocycles. The van der Waals surface area contributed by atoms with Gasteiger partial charge in [0.25, 0.3) is 11.8 Å². The Kier molecular flexibility index (Phi) is 6.13. The van der Waals surface area contributed by atoms with Crippen molar-refractivity contribution < 1.29 is 23.5 Å². The summed E-state index contributed by atoms with van der Waals surface area (Å²) in [7, 11) is 0. The van der Waals surface area contributed by atoms with Crippen LogP contribution in [-0.2, 0) is 4.79 Å². The first-order valence-corrected chi connectivity index (χ1v) is 10.5. The zero-order valence-electron chi connectivity index (χ0n) is 17.1. The number of halogens is 2. The number of para-hydroxylation sites is 1. The van der Waals surface area contributed by atoms with Crippen LogP contribution in [-0.4, -0.2) is 61.0 Å². The summed E-state index contributed by atoms with van der Waals surface area (Å²) >= 11 is 6.01. The standard InChI is InChI=1S/C23H22ClFN2O4/c1-2-30-20-5-3-4-15-12-16(14-31-21(15)20)22(28)26-8-10-27(11-9-26)23(29)18-7-6-17(25)13-19(18)24/h3-7,12-13H,2,8-11,14H2,1H3. The first-order valence-electron chi connectivity index (χ1n) is 10.1. The fraction of sp³-hybridized carbons (Fsp3) is 0.304. The average molecular weight is 445 g/mol. The molecule has 2 amide bonds. The van der Waals surface area contributed by atoms with Crippen molar-refractivity contribution in [3.63, 3.8) is 0 Å². The number of nitrogens with zero attached hydrogens (tertiary/aromatic N) is 2. The second kappa shape index (κ2) is 8.98. The third-order valence-corrected chi connectivity index (χ3v) is 5.61. The van der Waals surface area contributed by atoms with Crippen LogP contribution in [0.25, 0.3) is 6.08 Å². The largest absolute Gasteiger partial charge is 0.490 e. The summed E-state index contributed by atoms with van der Waals surface area (Å²) in [4.78, 5) is 29.0. The molecule has 2 aliphatic rings. The van der Waals surface area contributed by atoms with E-state index in [0.29, 0.717) is 49.9 Å². The Hall–Kier alpha value is -3.06. The van der Waals surface area contributed by atoms with Gasteiger partial charge in [-0.2, -0.15) is 0 Å². The zero-order chi connectivity index (χ0) is 22.0. The highest BCUT2D eigenvalue weighted by Crippen LogP contribution is 2.36. The Labute approximate surface area is 184 Å². The lowest BCUT2D eigenvalue weighted by Crippen LogP contribution is -2.51. The van der Waals surface area contributed by atoms with E-state index in [0.717, 1.165) is 11.6 Å². The van der Waals surface area contributed by atoms with E-state index in [1.807, 2.05) is 31.2 Å². The van der Waals surface area contributed by atoms with Gasteiger partial charge >= 0.3 is 0 Å². The lowest BCUT2D eigenvalue weighted by Gasteiger charge is -2.35. The molecule has 0 aliphatic carbocycles. The van der Waals surface area contributed by atoms with Gasteiger partial charge in [-0.1, -0.05) is 23.7 Å². The third kappa shape index (κ3) is 4.37. The van der Waals surface area contributed by atoms with E-state index in [2.05, 4.69) is 0 Å². The molecule has 8 heteroatoms. The van der Waals surface area contributed by atoms with Crippen molar-refractivity contribution in [3.8, 4) is 11.5 Å². The van der Waals surface area contributed by atoms with Crippen LogP contribution in [0.2, 0.25) is 5.02 Å². The number of amides is 2. The van der Waals surface area contributed by atoms with Crippen molar-refractivity contribution in [1.82, 2.24) is 9.80 Å². The fourth-order valence-electron chi connectivity index (χ4n) is 3.72. The molecule has 6 nitrogen and oxygen atoms in total. The molecule has 0 radical (unpaired) electrons. The molecule has 0 unspecified atom stereocenters. The van der Waals surface area contributed by atoms with Gasteiger partial charge in [-0.3, -0.25) is 9.59 Å². The second-order valence-electron chi connectivity index (χ2n) is 7.27. The van der Waals surface area contributed by atoms with Gasteiger partial charge in [0.1, 0.15) is 12.4 Å². The average Bonchev–Trinajstić information content (AvgIpc) is 2.78. The van der Waals surface area contributed by atoms with E-state index < -0.39 is 5.82 Å². The normalized spacial score (nSPS) is 15.6. The molecular weight excluding hydrogens is 423 g/mol. The van der Waals surface area contributed by atoms with Gasteiger partial charge in [-0.05, 0) is 37.3 Å². The lowest BCUT2D eigenvalue weighted by molar-refractivity contribution is -0.128. The zero-order valence-corrected chi connectivity index (χ0v) is 17.8. The molecule has 0 spiro atoms. The minimum atomic E-state index is -0.491. The minimum Gasteiger partial charge on any atom is -0.490 e. The van der Waals surface area contributed by atoms with Crippen LogP contribution in [0.4, 0.5) is 4.39 Å². The summed E-state index contributed by atoms with van der Waals surface area (Å²) in [6.45, 7) is 4.14. The van der Waals surface area contributed by atoms with Crippen molar-refractivity contribution in [3.05, 3.63) is 63.9 Å². The highest BCUT2D eigenvalue weighted by molar-refractivity contribution is 6.33. The number of rotatable bonds is 4. The molecule has 31 heavy (non-hydrogen) atoms. The third-order valence-electron chi connectivity index (χ3n) is 5.30. The molecule has 0 N–H and O–H groups in total. The van der Waals surface area contributed by atoms with E-state index >= 15 is 0 Å². The second-order valence-corrected chi connectivity index (χ2v) is 7.68. The summed E-state index contributed by atoms with van der Waals surface area (Å²) in [5.74, 6) is 0.436. The minimum absolute atomic E-state index is 0.0816. The van der Waals surface area contributed by atoms with Crippen molar-refractivity contribution in [2.24, 2.45) is 0 Å². The quantitative estimate of drug-likeness (QED) is 0.722. The first kappa shape index (κ1) is 21.2. The lowest BCUT2D eigenvalue weighted by atomic mass is 10.1. The van der Waals surface area contributed by atoms with Crippen LogP contribution in [0.5, 0.6) is 11.5 Å². The Bertz CT molecular complexity index is 1050. The van der Waals surface area contributed by atoms with Crippen LogP contribution in [0.3, 0.4) is 0 Å². The molecule has 2 aromatic carbocycles. The van der Waals surface area contributed by atoms with Crippen molar-refractivity contribution in [2.75, 3.05) is 39.4 Å². The van der Waals surface area contributed by atoms with Gasteiger partial charge in [0.05, 0.1) is 22.8 Å². The van der Waals surface area contributed by atoms with Crippen LogP contribution in [0, 0.1) is 5.82 Å². The van der Waals surface area contributed by atoms with E-state index in [9.17, 15) is 14.0 Å². The van der Waals surface area contributed by atoms with E-state index in [1.54, 1.807) is 9.80 Å². The maximum atomic E-state index is 13.2. The number of ether oxygens (including phenoxy) is 2. The van der Waals surface area contributed by atoms with Crippen molar-refractivity contribution in [1.29, 1.82) is 0 Å². The molecular formula is C23H22ClFN2O4. The maximum Gasteiger partial charge on any atom is 0.255 e. The van der Waals surface area contributed by atoms with Gasteiger partial charge < -0.3 is 19.3 Å². The number of carbonyl (C=O) groups excluding carboxylic acids is 2. The summed E-state index contributed by atoms with van der Waals surface area (Å²) in [6.07, 6.45) is 1.83. The van der Waals surface area contributed by atoms with Gasteiger partial charge in [0, 0.05) is 31.7 Å². The van der Waals surface area contributed by atoms with E-state index in [1.165, 1.54) is 12.1 Å². The first-order chi connectivity index (χ1) is 15.0. The predicted molar refractivity (Wildman–Crippen MR) is 115 cm³/mol. The fourth-order valence-corrected chi connectivity index (χ4v) is 3.97. The SMILES string of the molecule is CCOc1cccc2c1OCC(C(=O)N1CCN(C(=O)c3ccc(F)cc3Cl)CC1)=C2. The van der Waals surface area contributed by atoms with Crippen LogP contribution in [0.1, 0.15) is 22.8 Å². The highest BCUT2D eigenvalue weighted by atomic mass is 35.5. The molecule has 0 saturated carbocycles. The summed E-state index contributed by atoms with van der Waals surface area (Å²) < 4.78 is 24.7. The highest BCUT2D eigenvalue weighted by Gasteiger charge is 2.29. The van der Waals surface area contributed by atoms with Gasteiger partial charge in [-0.15, -0.1) is 0 Å². The molecule has 2 aliphatic heterocycles. The van der Waals surface area contributed by atoms with E-state index in [4.69, 9.17) is 21.1 Å². The molecule has 0 aromatic heterocycles. The topological polar surface area (TPSA) is 59.1 Å². The molecule has 162 valence electrons. The Balaban J connectivity index is 1.42. The van der Waals surface area contributed by atoms with Crippen LogP contribution in [0.15, 0.2) is 42.0 Å². The number of piperazine rings is 1. The van der Waals surface area contributed by atoms with Gasteiger partial charge in [0.15, 0.2) is 11.5 Å². The predicted octanol–water partition coefficient (Wildman–Crippen LogP) is 3.64. The number of benzene rings is 2. The summed E-state index contributed by atoms with van der Waals surface area (Å²) in [6, 6.07) is 9.31. The Morgan fingerprint density at radius 2 is 1.81 bits per heavy atom. The summed E-state index contributed by atoms with van der Waals surface area (Å²) in [5, 5.41) is 0.0816. The van der Waals surface area contributed by atoms with Gasteiger partial charge in [0.2, 0.25) is 0 Å². The van der Waals surface area contributed by atoms with Gasteiger partial charge in [-0.25, -0.2) is 4.39 Å². The number of hydrogen-bond acceptors (Lipinski definition) is 4. The molecule has 2 aromatic rings. The molecule has 2 heterocycles. The van der Waals surface area contributed by atoms with Crippen LogP contribution < -0.4 is 9.47 Å². The smallest absolute Gasteiger partial charge is 0.255 e. The van der Waals surface area contributed by atoms with Crippen molar-refractivity contribution in [2.45, 2.75) is 6.92 Å². The molecule has 1 fully saturated rings. The van der Waals surface area contributed by atoms with Crippen LogP contribution >= 0.6 is 11.6 Å². The number of hydrogen-bond donors (Lipinski definition) is 0. The van der Waals surface area contributed by atoms with Crippen molar-refractivity contribution >= 4 is 29.5 Å². The molecule has 4 rings (SSSR count). The number of carbonyl (C=O) groups is 2. The maximum absolute atomic E-state index is 13.2. The monoisotopic (exact) mass is 444 g/mol. The van der Waals surface area contributed by atoms with E-state index in [-0.39, 0.29) is 29.0 Å². The molecule has 0 bridgehead atoms. The number of fused-ring (bicyclic) bond motifs is 1. The Morgan fingerprint density at radius 3 is 2.48 bits per heavy atom. The summed E-state index contributed by atoms with van der Waals surface area (Å²) in [5.41, 5.74) is 1.62. The molecule has 0 atom stereocenters. The Morgan fingerprint density at radius 1 is 1.10 bits per heavy atom.